The van der Waals surface area contributed by atoms with Crippen LogP contribution in [0.15, 0.2) is 18.2 Å². The highest BCUT2D eigenvalue weighted by Gasteiger charge is 2.39. The number of rotatable bonds is 2. The number of hydrogen-bond donors (Lipinski definition) is 1. The Morgan fingerprint density at radius 1 is 1.30 bits per heavy atom. The fourth-order valence-electron chi connectivity index (χ4n) is 3.61. The van der Waals surface area contributed by atoms with E-state index >= 15 is 0 Å². The van der Waals surface area contributed by atoms with Crippen LogP contribution in [0.3, 0.4) is 0 Å². The van der Waals surface area contributed by atoms with Crippen molar-refractivity contribution in [2.24, 2.45) is 5.41 Å². The molecule has 5 nitrogen and oxygen atoms in total. The number of nitro groups is 1. The van der Waals surface area contributed by atoms with Crippen LogP contribution >= 0.6 is 0 Å². The van der Waals surface area contributed by atoms with Gasteiger partial charge in [-0.15, -0.1) is 0 Å². The Labute approximate surface area is 119 Å². The molecule has 2 aliphatic heterocycles. The lowest BCUT2D eigenvalue weighted by Gasteiger charge is -2.34. The molecule has 2 heterocycles. The van der Waals surface area contributed by atoms with Gasteiger partial charge in [-0.05, 0) is 56.3 Å². The van der Waals surface area contributed by atoms with Crippen molar-refractivity contribution < 1.29 is 4.92 Å². The van der Waals surface area contributed by atoms with Crippen molar-refractivity contribution in [3.05, 3.63) is 33.9 Å². The molecule has 0 atom stereocenters. The highest BCUT2D eigenvalue weighted by molar-refractivity contribution is 5.58. The molecule has 0 bridgehead atoms. The van der Waals surface area contributed by atoms with Gasteiger partial charge in [0.15, 0.2) is 0 Å². The third kappa shape index (κ3) is 2.38. The zero-order valence-electron chi connectivity index (χ0n) is 11.9. The van der Waals surface area contributed by atoms with Crippen LogP contribution in [0.4, 0.5) is 11.4 Å². The third-order valence-corrected chi connectivity index (χ3v) is 4.83. The minimum Gasteiger partial charge on any atom is -0.371 e. The Kier molecular flexibility index (Phi) is 3.38. The molecule has 0 aromatic heterocycles. The summed E-state index contributed by atoms with van der Waals surface area (Å²) in [5.74, 6) is 0. The number of nitrogens with one attached hydrogen (secondary N) is 1. The highest BCUT2D eigenvalue weighted by atomic mass is 16.6. The van der Waals surface area contributed by atoms with E-state index in [2.05, 4.69) is 10.2 Å². The van der Waals surface area contributed by atoms with Crippen molar-refractivity contribution in [1.82, 2.24) is 5.32 Å². The Balaban J connectivity index is 1.79. The van der Waals surface area contributed by atoms with E-state index in [9.17, 15) is 10.1 Å². The van der Waals surface area contributed by atoms with Crippen LogP contribution in [0.2, 0.25) is 0 Å². The zero-order valence-corrected chi connectivity index (χ0v) is 11.9. The van der Waals surface area contributed by atoms with Crippen LogP contribution in [-0.4, -0.2) is 31.1 Å². The fourth-order valence-corrected chi connectivity index (χ4v) is 3.61. The van der Waals surface area contributed by atoms with Gasteiger partial charge in [0.1, 0.15) is 0 Å². The van der Waals surface area contributed by atoms with Gasteiger partial charge in [0.05, 0.1) is 4.92 Å². The summed E-state index contributed by atoms with van der Waals surface area (Å²) in [4.78, 5) is 12.9. The molecule has 0 radical (unpaired) electrons. The van der Waals surface area contributed by atoms with Crippen LogP contribution < -0.4 is 10.2 Å². The molecule has 2 fully saturated rings. The zero-order chi connectivity index (χ0) is 14.2. The molecule has 108 valence electrons. The standard InChI is InChI=1S/C15H21N3O2/c1-12-10-13(18(19)20)2-3-14(12)17-9-6-15(11-17)4-7-16-8-5-15/h2-3,10,16H,4-9,11H2,1H3. The van der Waals surface area contributed by atoms with Gasteiger partial charge in [-0.1, -0.05) is 0 Å². The molecule has 3 rings (SSSR count). The quantitative estimate of drug-likeness (QED) is 0.665. The minimum absolute atomic E-state index is 0.182. The molecule has 0 unspecified atom stereocenters. The average molecular weight is 275 g/mol. The maximum absolute atomic E-state index is 10.8. The number of nitro benzene ring substituents is 1. The number of nitrogens with zero attached hydrogens (tertiary/aromatic N) is 2. The molecular weight excluding hydrogens is 254 g/mol. The van der Waals surface area contributed by atoms with Crippen LogP contribution in [0.25, 0.3) is 0 Å². The van der Waals surface area contributed by atoms with E-state index in [1.807, 2.05) is 13.0 Å². The smallest absolute Gasteiger partial charge is 0.269 e. The Morgan fingerprint density at radius 3 is 2.70 bits per heavy atom. The molecule has 0 amide bonds. The van der Waals surface area contributed by atoms with Gasteiger partial charge in [0.25, 0.3) is 5.69 Å². The van der Waals surface area contributed by atoms with Gasteiger partial charge in [-0.25, -0.2) is 0 Å². The molecule has 1 spiro atoms. The van der Waals surface area contributed by atoms with Crippen LogP contribution in [0.1, 0.15) is 24.8 Å². The molecule has 0 aliphatic carbocycles. The molecule has 20 heavy (non-hydrogen) atoms. The Bertz CT molecular complexity index is 524. The SMILES string of the molecule is Cc1cc([N+](=O)[O-])ccc1N1CCC2(CCNCC2)C1. The molecule has 1 aromatic carbocycles. The summed E-state index contributed by atoms with van der Waals surface area (Å²) in [5, 5.41) is 14.2. The summed E-state index contributed by atoms with van der Waals surface area (Å²) in [6, 6.07) is 5.21. The largest absolute Gasteiger partial charge is 0.371 e. The second kappa shape index (κ2) is 5.05. The van der Waals surface area contributed by atoms with E-state index in [-0.39, 0.29) is 10.6 Å². The molecule has 2 aliphatic rings. The molecule has 5 heteroatoms. The maximum atomic E-state index is 10.8. The van der Waals surface area contributed by atoms with Crippen LogP contribution in [0.5, 0.6) is 0 Å². The van der Waals surface area contributed by atoms with Gasteiger partial charge in [-0.3, -0.25) is 10.1 Å². The number of hydrogen-bond acceptors (Lipinski definition) is 4. The summed E-state index contributed by atoms with van der Waals surface area (Å²) in [7, 11) is 0. The van der Waals surface area contributed by atoms with Crippen molar-refractivity contribution in [2.75, 3.05) is 31.1 Å². The number of non-ortho nitro benzene ring substituents is 1. The lowest BCUT2D eigenvalue weighted by molar-refractivity contribution is -0.384. The molecule has 1 N–H and O–H groups in total. The van der Waals surface area contributed by atoms with Crippen molar-refractivity contribution >= 4 is 11.4 Å². The number of aryl methyl sites for hydroxylation is 1. The first-order chi connectivity index (χ1) is 9.60. The van der Waals surface area contributed by atoms with E-state index in [0.29, 0.717) is 5.41 Å². The molecule has 2 saturated heterocycles. The van der Waals surface area contributed by atoms with Crippen molar-refractivity contribution in [1.29, 1.82) is 0 Å². The average Bonchev–Trinajstić information content (AvgIpc) is 2.83. The Morgan fingerprint density at radius 2 is 2.05 bits per heavy atom. The highest BCUT2D eigenvalue weighted by Crippen LogP contribution is 2.41. The van der Waals surface area contributed by atoms with Crippen LogP contribution in [0, 0.1) is 22.5 Å². The fraction of sp³-hybridized carbons (Fsp3) is 0.600. The summed E-state index contributed by atoms with van der Waals surface area (Å²) in [6.07, 6.45) is 3.73. The normalized spacial score (nSPS) is 21.4. The molecule has 1 aromatic rings. The van der Waals surface area contributed by atoms with E-state index in [1.165, 1.54) is 19.3 Å². The first-order valence-electron chi connectivity index (χ1n) is 7.30. The van der Waals surface area contributed by atoms with Gasteiger partial charge in [0, 0.05) is 30.9 Å². The number of benzene rings is 1. The first kappa shape index (κ1) is 13.4. The molecule has 0 saturated carbocycles. The van der Waals surface area contributed by atoms with Crippen LogP contribution in [-0.2, 0) is 0 Å². The Hall–Kier alpha value is -1.62. The van der Waals surface area contributed by atoms with Gasteiger partial charge >= 0.3 is 0 Å². The van der Waals surface area contributed by atoms with Crippen molar-refractivity contribution in [3.63, 3.8) is 0 Å². The number of piperidine rings is 1. The predicted molar refractivity (Wildman–Crippen MR) is 79.2 cm³/mol. The van der Waals surface area contributed by atoms with Gasteiger partial charge < -0.3 is 10.2 Å². The van der Waals surface area contributed by atoms with E-state index < -0.39 is 0 Å². The van der Waals surface area contributed by atoms with E-state index in [1.54, 1.807) is 12.1 Å². The number of anilines is 1. The van der Waals surface area contributed by atoms with Crippen molar-refractivity contribution in [3.8, 4) is 0 Å². The second-order valence-corrected chi connectivity index (χ2v) is 6.15. The first-order valence-corrected chi connectivity index (χ1v) is 7.30. The van der Waals surface area contributed by atoms with E-state index in [0.717, 1.165) is 37.4 Å². The van der Waals surface area contributed by atoms with Crippen molar-refractivity contribution in [2.45, 2.75) is 26.2 Å². The van der Waals surface area contributed by atoms with E-state index in [4.69, 9.17) is 0 Å². The third-order valence-electron chi connectivity index (χ3n) is 4.83. The predicted octanol–water partition coefficient (Wildman–Crippen LogP) is 2.48. The summed E-state index contributed by atoms with van der Waals surface area (Å²) >= 11 is 0. The minimum atomic E-state index is -0.324. The lowest BCUT2D eigenvalue weighted by Crippen LogP contribution is -2.38. The lowest BCUT2D eigenvalue weighted by atomic mass is 9.78. The second-order valence-electron chi connectivity index (χ2n) is 6.15. The summed E-state index contributed by atoms with van der Waals surface area (Å²) < 4.78 is 0. The van der Waals surface area contributed by atoms with Gasteiger partial charge in [0.2, 0.25) is 0 Å². The summed E-state index contributed by atoms with van der Waals surface area (Å²) in [6.45, 7) is 6.36. The summed E-state index contributed by atoms with van der Waals surface area (Å²) in [5.41, 5.74) is 2.80. The molecular formula is C15H21N3O2. The monoisotopic (exact) mass is 275 g/mol. The topological polar surface area (TPSA) is 58.4 Å². The maximum Gasteiger partial charge on any atom is 0.269 e. The van der Waals surface area contributed by atoms with Gasteiger partial charge in [-0.2, -0.15) is 0 Å².